The molecule has 1 aliphatic carbocycles. The van der Waals surface area contributed by atoms with Crippen molar-refractivity contribution in [2.45, 2.75) is 37.5 Å². The van der Waals surface area contributed by atoms with Gasteiger partial charge in [0, 0.05) is 35.3 Å². The molecule has 1 fully saturated rings. The van der Waals surface area contributed by atoms with Crippen LogP contribution in [0.4, 0.5) is 0 Å². The van der Waals surface area contributed by atoms with Crippen LogP contribution < -0.4 is 11.1 Å². The molecular weight excluding hydrogens is 459 g/mol. The largest absolute Gasteiger partial charge is 0.370 e. The maximum Gasteiger partial charge on any atom is 0.188 e. The van der Waals surface area contributed by atoms with Crippen LogP contribution in [0, 0.1) is 0 Å². The second-order valence-corrected chi connectivity index (χ2v) is 7.13. The number of aromatic nitrogens is 1. The molecular formula is C20H26ClIN4. The number of aliphatic imine (C=N–C) groups is 1. The quantitative estimate of drug-likeness (QED) is 0.365. The molecule has 0 radical (unpaired) electrons. The second-order valence-electron chi connectivity index (χ2n) is 6.70. The van der Waals surface area contributed by atoms with Gasteiger partial charge in [-0.1, -0.05) is 42.6 Å². The first kappa shape index (κ1) is 21.0. The summed E-state index contributed by atoms with van der Waals surface area (Å²) in [5.74, 6) is 0.504. The van der Waals surface area contributed by atoms with Gasteiger partial charge in [-0.2, -0.15) is 0 Å². The second kappa shape index (κ2) is 10.1. The number of hydrogen-bond acceptors (Lipinski definition) is 2. The van der Waals surface area contributed by atoms with Gasteiger partial charge in [0.1, 0.15) is 0 Å². The number of nitrogens with two attached hydrogens (primary N) is 1. The summed E-state index contributed by atoms with van der Waals surface area (Å²) in [4.78, 5) is 8.95. The first-order valence-corrected chi connectivity index (χ1v) is 9.26. The molecule has 3 rings (SSSR count). The zero-order valence-corrected chi connectivity index (χ0v) is 17.9. The van der Waals surface area contributed by atoms with Crippen molar-refractivity contribution in [3.63, 3.8) is 0 Å². The lowest BCUT2D eigenvalue weighted by molar-refractivity contribution is 0.453. The highest BCUT2D eigenvalue weighted by molar-refractivity contribution is 14.0. The van der Waals surface area contributed by atoms with Gasteiger partial charge < -0.3 is 11.1 Å². The highest BCUT2D eigenvalue weighted by Crippen LogP contribution is 2.42. The normalized spacial score (nSPS) is 16.1. The molecule has 0 spiro atoms. The van der Waals surface area contributed by atoms with Gasteiger partial charge in [-0.05, 0) is 42.7 Å². The average molecular weight is 485 g/mol. The SMILES string of the molecule is I.NC(=NCC1(c2cccc(Cl)c2)CCCC1)NCCc1ccccn1. The van der Waals surface area contributed by atoms with E-state index in [9.17, 15) is 0 Å². The molecule has 0 aliphatic heterocycles. The summed E-state index contributed by atoms with van der Waals surface area (Å²) < 4.78 is 0. The average Bonchev–Trinajstić information content (AvgIpc) is 3.11. The molecule has 1 aromatic heterocycles. The van der Waals surface area contributed by atoms with Crippen molar-refractivity contribution in [1.29, 1.82) is 0 Å². The monoisotopic (exact) mass is 484 g/mol. The van der Waals surface area contributed by atoms with Crippen molar-refractivity contribution in [3.8, 4) is 0 Å². The first-order valence-electron chi connectivity index (χ1n) is 8.88. The third-order valence-electron chi connectivity index (χ3n) is 4.96. The fourth-order valence-corrected chi connectivity index (χ4v) is 3.76. The predicted molar refractivity (Wildman–Crippen MR) is 119 cm³/mol. The Morgan fingerprint density at radius 1 is 1.19 bits per heavy atom. The molecule has 6 heteroatoms. The third kappa shape index (κ3) is 5.58. The Balaban J connectivity index is 0.00000243. The van der Waals surface area contributed by atoms with E-state index in [1.807, 2.05) is 36.5 Å². The third-order valence-corrected chi connectivity index (χ3v) is 5.20. The van der Waals surface area contributed by atoms with Gasteiger partial charge in [-0.3, -0.25) is 9.98 Å². The topological polar surface area (TPSA) is 63.3 Å². The van der Waals surface area contributed by atoms with E-state index in [-0.39, 0.29) is 29.4 Å². The van der Waals surface area contributed by atoms with Crippen LogP contribution in [-0.4, -0.2) is 24.0 Å². The van der Waals surface area contributed by atoms with Crippen LogP contribution in [0.2, 0.25) is 5.02 Å². The van der Waals surface area contributed by atoms with Crippen molar-refractivity contribution in [2.75, 3.05) is 13.1 Å². The van der Waals surface area contributed by atoms with E-state index in [1.165, 1.54) is 18.4 Å². The number of nitrogens with one attached hydrogen (secondary N) is 1. The summed E-state index contributed by atoms with van der Waals surface area (Å²) in [6.45, 7) is 1.44. The first-order chi connectivity index (χ1) is 12.2. The molecule has 4 nitrogen and oxygen atoms in total. The van der Waals surface area contributed by atoms with E-state index in [0.29, 0.717) is 12.5 Å². The summed E-state index contributed by atoms with van der Waals surface area (Å²) in [6.07, 6.45) is 7.37. The molecule has 1 aromatic carbocycles. The molecule has 1 heterocycles. The lowest BCUT2D eigenvalue weighted by Gasteiger charge is -2.28. The summed E-state index contributed by atoms with van der Waals surface area (Å²) in [6, 6.07) is 14.1. The van der Waals surface area contributed by atoms with Crippen molar-refractivity contribution < 1.29 is 0 Å². The van der Waals surface area contributed by atoms with Gasteiger partial charge in [-0.25, -0.2) is 0 Å². The van der Waals surface area contributed by atoms with Crippen LogP contribution in [0.3, 0.4) is 0 Å². The Labute approximate surface area is 177 Å². The van der Waals surface area contributed by atoms with Gasteiger partial charge in [0.15, 0.2) is 5.96 Å². The molecule has 0 bridgehead atoms. The molecule has 0 amide bonds. The van der Waals surface area contributed by atoms with E-state index in [1.54, 1.807) is 0 Å². The van der Waals surface area contributed by atoms with Crippen LogP contribution in [-0.2, 0) is 11.8 Å². The summed E-state index contributed by atoms with van der Waals surface area (Å²) in [5.41, 5.74) is 8.47. The Kier molecular flexibility index (Phi) is 8.15. The van der Waals surface area contributed by atoms with Crippen LogP contribution in [0.1, 0.15) is 36.9 Å². The molecule has 3 N–H and O–H groups in total. The molecule has 1 saturated carbocycles. The van der Waals surface area contributed by atoms with Crippen LogP contribution >= 0.6 is 35.6 Å². The zero-order valence-electron chi connectivity index (χ0n) is 14.8. The molecule has 2 aromatic rings. The Morgan fingerprint density at radius 2 is 2.00 bits per heavy atom. The highest BCUT2D eigenvalue weighted by atomic mass is 127. The number of halogens is 2. The van der Waals surface area contributed by atoms with Crippen LogP contribution in [0.25, 0.3) is 0 Å². The summed E-state index contributed by atoms with van der Waals surface area (Å²) in [7, 11) is 0. The van der Waals surface area contributed by atoms with Gasteiger partial charge >= 0.3 is 0 Å². The highest BCUT2D eigenvalue weighted by Gasteiger charge is 2.35. The Hall–Kier alpha value is -1.34. The fraction of sp³-hybridized carbons (Fsp3) is 0.400. The van der Waals surface area contributed by atoms with Crippen molar-refractivity contribution in [2.24, 2.45) is 10.7 Å². The van der Waals surface area contributed by atoms with E-state index in [4.69, 9.17) is 17.3 Å². The lowest BCUT2D eigenvalue weighted by Crippen LogP contribution is -2.35. The molecule has 0 unspecified atom stereocenters. The van der Waals surface area contributed by atoms with E-state index >= 15 is 0 Å². The molecule has 0 saturated heterocycles. The lowest BCUT2D eigenvalue weighted by atomic mass is 9.79. The Bertz CT molecular complexity index is 715. The van der Waals surface area contributed by atoms with E-state index in [0.717, 1.165) is 36.5 Å². The standard InChI is InChI=1S/C20H25ClN4.HI/c21-17-7-5-6-16(14-17)20(10-2-3-11-20)15-25-19(22)24-13-9-18-8-1-4-12-23-18;/h1,4-8,12,14H,2-3,9-11,13,15H2,(H3,22,24,25);1H. The molecule has 0 atom stereocenters. The molecule has 140 valence electrons. The van der Waals surface area contributed by atoms with Gasteiger partial charge in [-0.15, -0.1) is 24.0 Å². The zero-order chi connectivity index (χ0) is 17.5. The van der Waals surface area contributed by atoms with Crippen LogP contribution in [0.15, 0.2) is 53.7 Å². The molecule has 26 heavy (non-hydrogen) atoms. The maximum atomic E-state index is 6.20. The summed E-state index contributed by atoms with van der Waals surface area (Å²) in [5, 5.41) is 3.98. The van der Waals surface area contributed by atoms with Crippen molar-refractivity contribution in [3.05, 3.63) is 64.9 Å². The number of benzene rings is 1. The number of hydrogen-bond donors (Lipinski definition) is 2. The summed E-state index contributed by atoms with van der Waals surface area (Å²) >= 11 is 6.20. The maximum absolute atomic E-state index is 6.20. The van der Waals surface area contributed by atoms with Gasteiger partial charge in [0.2, 0.25) is 0 Å². The van der Waals surface area contributed by atoms with Crippen LogP contribution in [0.5, 0.6) is 0 Å². The number of rotatable bonds is 6. The number of guanidine groups is 1. The minimum Gasteiger partial charge on any atom is -0.370 e. The molecule has 1 aliphatic rings. The minimum absolute atomic E-state index is 0. The van der Waals surface area contributed by atoms with E-state index in [2.05, 4.69) is 27.4 Å². The van der Waals surface area contributed by atoms with Crippen molar-refractivity contribution in [1.82, 2.24) is 10.3 Å². The van der Waals surface area contributed by atoms with Crippen molar-refractivity contribution >= 4 is 41.5 Å². The predicted octanol–water partition coefficient (Wildman–Crippen LogP) is 4.31. The number of pyridine rings is 1. The Morgan fingerprint density at radius 3 is 2.69 bits per heavy atom. The fourth-order valence-electron chi connectivity index (χ4n) is 3.57. The smallest absolute Gasteiger partial charge is 0.188 e. The van der Waals surface area contributed by atoms with Gasteiger partial charge in [0.25, 0.3) is 0 Å². The van der Waals surface area contributed by atoms with Gasteiger partial charge in [0.05, 0.1) is 6.54 Å². The number of nitrogens with zero attached hydrogens (tertiary/aromatic N) is 2. The van der Waals surface area contributed by atoms with E-state index < -0.39 is 0 Å². The minimum atomic E-state index is 0.